The Kier molecular flexibility index (Phi) is 234. The Morgan fingerprint density at radius 2 is 0.292 bits per heavy atom. The first kappa shape index (κ1) is 79.2. The second-order valence-electron chi connectivity index (χ2n) is 1.10. The van der Waals surface area contributed by atoms with Crippen molar-refractivity contribution < 1.29 is 208 Å². The van der Waals surface area contributed by atoms with Crippen molar-refractivity contribution >= 4 is 29.6 Å². The molecule has 0 aromatic rings. The number of halogens is 4. The van der Waals surface area contributed by atoms with Crippen LogP contribution in [0, 0.1) is 0 Å². The van der Waals surface area contributed by atoms with E-state index in [9.17, 15) is 17.3 Å². The predicted octanol–water partition coefficient (Wildman–Crippen LogP) is -33.3. The molecule has 24 heteroatoms. The van der Waals surface area contributed by atoms with Crippen molar-refractivity contribution in [3.8, 4) is 0 Å². The van der Waals surface area contributed by atoms with Crippen LogP contribution in [0.15, 0.2) is 0 Å². The summed E-state index contributed by atoms with van der Waals surface area (Å²) in [7, 11) is -12.7. The van der Waals surface area contributed by atoms with E-state index in [-0.39, 0.29) is 151 Å². The van der Waals surface area contributed by atoms with E-state index in [0.29, 0.717) is 0 Å². The summed E-state index contributed by atoms with van der Waals surface area (Å²) in [5.74, 6) is 0. The van der Waals surface area contributed by atoms with E-state index in [0.717, 1.165) is 0 Å². The molecule has 0 bridgehead atoms. The van der Waals surface area contributed by atoms with Gasteiger partial charge < -0.3 is 57.5 Å². The minimum Gasteiger partial charge on any atom is -0.867 e. The molecule has 0 N–H and O–H groups in total. The molecule has 0 amide bonds. The van der Waals surface area contributed by atoms with Crippen LogP contribution >= 0.6 is 0 Å². The molecule has 24 heavy (non-hydrogen) atoms. The standard InChI is InChI=1S/4BFO2.8Li/c4*2-1(3)4;;;;;;;;/q4*-2;8*+1. The van der Waals surface area contributed by atoms with E-state index in [4.69, 9.17) is 40.2 Å². The molecule has 0 saturated carbocycles. The van der Waals surface area contributed by atoms with Crippen molar-refractivity contribution in [1.82, 2.24) is 0 Å². The fourth-order valence-corrected chi connectivity index (χ4v) is 0. The van der Waals surface area contributed by atoms with Crippen LogP contribution in [0.2, 0.25) is 0 Å². The number of hydrogen-bond acceptors (Lipinski definition) is 8. The second-order valence-corrected chi connectivity index (χ2v) is 1.10. The van der Waals surface area contributed by atoms with Crippen molar-refractivity contribution in [2.75, 3.05) is 0 Å². The van der Waals surface area contributed by atoms with Crippen LogP contribution in [0.1, 0.15) is 0 Å². The molecule has 0 saturated heterocycles. The van der Waals surface area contributed by atoms with E-state index in [1.165, 1.54) is 0 Å². The van der Waals surface area contributed by atoms with E-state index in [1.807, 2.05) is 0 Å². The van der Waals surface area contributed by atoms with Gasteiger partial charge in [0, 0.05) is 0 Å². The van der Waals surface area contributed by atoms with Gasteiger partial charge in [-0.2, -0.15) is 0 Å². The summed E-state index contributed by atoms with van der Waals surface area (Å²) in [4.78, 5) is 0. The molecule has 0 aliphatic carbocycles. The molecule has 8 nitrogen and oxygen atoms in total. The van der Waals surface area contributed by atoms with Crippen molar-refractivity contribution in [3.05, 3.63) is 0 Å². The van der Waals surface area contributed by atoms with Crippen molar-refractivity contribution in [1.29, 1.82) is 0 Å². The van der Waals surface area contributed by atoms with Gasteiger partial charge in [0.25, 0.3) is 0 Å². The Bertz CT molecular complexity index is 89.1. The quantitative estimate of drug-likeness (QED) is 0.311. The first-order valence-corrected chi connectivity index (χ1v) is 2.76. The van der Waals surface area contributed by atoms with E-state index < -0.39 is 29.6 Å². The van der Waals surface area contributed by atoms with Gasteiger partial charge in [0.1, 0.15) is 29.6 Å². The molecule has 0 fully saturated rings. The minimum atomic E-state index is -3.17. The van der Waals surface area contributed by atoms with Gasteiger partial charge in [0.05, 0.1) is 0 Å². The first-order valence-electron chi connectivity index (χ1n) is 2.76. The van der Waals surface area contributed by atoms with Crippen LogP contribution in [0.25, 0.3) is 0 Å². The first-order chi connectivity index (χ1) is 6.93. The molecule has 0 radical (unpaired) electrons. The van der Waals surface area contributed by atoms with Gasteiger partial charge in [-0.15, -0.1) is 0 Å². The maximum atomic E-state index is 9.89. The Morgan fingerprint density at radius 1 is 0.292 bits per heavy atom. The van der Waals surface area contributed by atoms with Gasteiger partial charge in [0.2, 0.25) is 0 Å². The Balaban J connectivity index is -0.00000000720. The Morgan fingerprint density at radius 3 is 0.292 bits per heavy atom. The molecule has 0 rings (SSSR count). The zero-order chi connectivity index (χ0) is 14.3. The Hall–Kier alpha value is 4.44. The fourth-order valence-electron chi connectivity index (χ4n) is 0. The summed E-state index contributed by atoms with van der Waals surface area (Å²) < 4.78 is 39.6. The summed E-state index contributed by atoms with van der Waals surface area (Å²) in [6.45, 7) is 0. The van der Waals surface area contributed by atoms with E-state index in [1.54, 1.807) is 0 Å². The molecule has 0 atom stereocenters. The molecule has 96 valence electrons. The van der Waals surface area contributed by atoms with Gasteiger partial charge in [-0.05, 0) is 0 Å². The molecule has 0 unspecified atom stereocenters. The molecule has 0 aliphatic heterocycles. The van der Waals surface area contributed by atoms with Gasteiger partial charge in [-0.1, -0.05) is 0 Å². The molecular formula is B4F4Li8O8. The maximum absolute atomic E-state index is 9.89. The minimum absolute atomic E-state index is 0. The topological polar surface area (TPSA) is 184 Å². The normalized spacial score (nSPS) is 4.50. The van der Waals surface area contributed by atoms with Crippen molar-refractivity contribution in [2.24, 2.45) is 0 Å². The van der Waals surface area contributed by atoms with Crippen LogP contribution in [0.3, 0.4) is 0 Å². The largest absolute Gasteiger partial charge is 1.00 e. The van der Waals surface area contributed by atoms with Crippen LogP contribution in [0.4, 0.5) is 17.3 Å². The summed E-state index contributed by atoms with van der Waals surface area (Å²) in [6, 6.07) is 0. The monoisotopic (exact) mass is 304 g/mol. The smallest absolute Gasteiger partial charge is 0.867 e. The van der Waals surface area contributed by atoms with Crippen LogP contribution in [-0.4, -0.2) is 29.6 Å². The Labute approximate surface area is 235 Å². The van der Waals surface area contributed by atoms with E-state index >= 15 is 0 Å². The molecule has 0 spiro atoms. The SMILES string of the molecule is [Li+].[Li+].[Li+].[Li+].[Li+].[Li+].[Li+].[Li+].[O-]B([O-])F.[O-]B([O-])F.[O-]B([O-])F.[O-]B([O-])F. The predicted molar refractivity (Wildman–Crippen MR) is 27.4 cm³/mol. The van der Waals surface area contributed by atoms with Gasteiger partial charge in [0.15, 0.2) is 0 Å². The molecule has 0 aromatic heterocycles. The third-order valence-corrected chi connectivity index (χ3v) is 0. The van der Waals surface area contributed by atoms with E-state index in [2.05, 4.69) is 0 Å². The molecular weight excluding hydrogens is 303 g/mol. The van der Waals surface area contributed by atoms with Gasteiger partial charge >= 0.3 is 151 Å². The summed E-state index contributed by atoms with van der Waals surface area (Å²) >= 11 is 0. The zero-order valence-electron chi connectivity index (χ0n) is 15.1. The summed E-state index contributed by atoms with van der Waals surface area (Å²) in [6.07, 6.45) is 0. The van der Waals surface area contributed by atoms with Crippen LogP contribution < -0.4 is 191 Å². The zero-order valence-corrected chi connectivity index (χ0v) is 15.1. The fraction of sp³-hybridized carbons (Fsp3) is 0. The van der Waals surface area contributed by atoms with Gasteiger partial charge in [-0.3, -0.25) is 0 Å². The van der Waals surface area contributed by atoms with Gasteiger partial charge in [-0.25, -0.2) is 0 Å². The summed E-state index contributed by atoms with van der Waals surface area (Å²) in [5, 5.41) is 66.4. The molecule has 0 heterocycles. The van der Waals surface area contributed by atoms with Crippen LogP contribution in [-0.2, 0) is 0 Å². The third kappa shape index (κ3) is 868. The summed E-state index contributed by atoms with van der Waals surface area (Å²) in [5.41, 5.74) is 0. The second kappa shape index (κ2) is 71.0. The molecule has 0 aromatic carbocycles. The molecule has 0 aliphatic rings. The van der Waals surface area contributed by atoms with Crippen LogP contribution in [0.5, 0.6) is 0 Å². The number of hydrogen-bond donors (Lipinski definition) is 0. The average Bonchev–Trinajstić information content (AvgIpc) is 1.76. The number of rotatable bonds is 0. The third-order valence-electron chi connectivity index (χ3n) is 0. The van der Waals surface area contributed by atoms with Crippen molar-refractivity contribution in [3.63, 3.8) is 0 Å². The average molecular weight is 303 g/mol. The maximum Gasteiger partial charge on any atom is 1.00 e. The van der Waals surface area contributed by atoms with Crippen molar-refractivity contribution in [2.45, 2.75) is 0 Å².